The third-order valence-electron chi connectivity index (χ3n) is 4.24. The van der Waals surface area contributed by atoms with E-state index in [0.29, 0.717) is 24.6 Å². The summed E-state index contributed by atoms with van der Waals surface area (Å²) < 4.78 is 27.6. The maximum atomic E-state index is 12.5. The minimum atomic E-state index is -3.71. The van der Waals surface area contributed by atoms with Crippen LogP contribution in [0.2, 0.25) is 0 Å². The number of rotatable bonds is 9. The highest BCUT2D eigenvalue weighted by atomic mass is 32.2. The molecule has 8 heteroatoms. The Balaban J connectivity index is 1.98. The number of hydrogen-bond acceptors (Lipinski definition) is 5. The number of carbonyl (C=O) groups excluding carboxylic acids is 1. The summed E-state index contributed by atoms with van der Waals surface area (Å²) in [6.07, 6.45) is 4.59. The van der Waals surface area contributed by atoms with E-state index in [1.165, 1.54) is 12.1 Å². The summed E-state index contributed by atoms with van der Waals surface area (Å²) in [5.41, 5.74) is 0. The van der Waals surface area contributed by atoms with Crippen LogP contribution in [0.15, 0.2) is 35.2 Å². The number of sulfonamides is 1. The van der Waals surface area contributed by atoms with Crippen molar-refractivity contribution in [2.75, 3.05) is 31.6 Å². The quantitative estimate of drug-likeness (QED) is 0.595. The molecule has 0 spiro atoms. The van der Waals surface area contributed by atoms with E-state index >= 15 is 0 Å². The Morgan fingerprint density at radius 3 is 2.76 bits per heavy atom. The molecular formula is C17H27N3O3S2. The Bertz CT molecular complexity index is 632. The van der Waals surface area contributed by atoms with Crippen LogP contribution < -0.4 is 15.4 Å². The smallest absolute Gasteiger partial charge is 0.241 e. The van der Waals surface area contributed by atoms with Crippen LogP contribution in [-0.4, -0.2) is 52.0 Å². The predicted octanol–water partition coefficient (Wildman–Crippen LogP) is 1.20. The normalized spacial score (nSPS) is 19.3. The van der Waals surface area contributed by atoms with Crippen molar-refractivity contribution < 1.29 is 13.2 Å². The first-order valence-electron chi connectivity index (χ1n) is 8.57. The molecule has 140 valence electrons. The van der Waals surface area contributed by atoms with Crippen molar-refractivity contribution in [3.8, 4) is 0 Å². The molecule has 1 aliphatic heterocycles. The van der Waals surface area contributed by atoms with Gasteiger partial charge < -0.3 is 10.6 Å². The van der Waals surface area contributed by atoms with E-state index in [4.69, 9.17) is 0 Å². The lowest BCUT2D eigenvalue weighted by Crippen LogP contribution is -2.49. The SMILES string of the molecule is CSCCC(NS(=O)(=O)c1ccccc1)C(=O)NCC1CCCNC1. The third kappa shape index (κ3) is 6.62. The first kappa shape index (κ1) is 20.2. The molecule has 2 atom stereocenters. The number of benzene rings is 1. The molecule has 1 amide bonds. The molecule has 1 fully saturated rings. The van der Waals surface area contributed by atoms with Crippen molar-refractivity contribution in [3.05, 3.63) is 30.3 Å². The van der Waals surface area contributed by atoms with E-state index in [1.807, 2.05) is 6.26 Å². The van der Waals surface area contributed by atoms with Gasteiger partial charge in [-0.3, -0.25) is 4.79 Å². The van der Waals surface area contributed by atoms with Crippen molar-refractivity contribution in [2.24, 2.45) is 5.92 Å². The van der Waals surface area contributed by atoms with E-state index in [0.717, 1.165) is 25.9 Å². The second-order valence-electron chi connectivity index (χ2n) is 6.23. The molecule has 6 nitrogen and oxygen atoms in total. The molecule has 1 aromatic carbocycles. The van der Waals surface area contributed by atoms with Gasteiger partial charge in [-0.2, -0.15) is 16.5 Å². The summed E-state index contributed by atoms with van der Waals surface area (Å²) in [6, 6.07) is 7.39. The first-order chi connectivity index (χ1) is 12.0. The second-order valence-corrected chi connectivity index (χ2v) is 8.93. The fraction of sp³-hybridized carbons (Fsp3) is 0.588. The lowest BCUT2D eigenvalue weighted by atomic mass is 9.99. The Labute approximate surface area is 154 Å². The summed E-state index contributed by atoms with van der Waals surface area (Å²) in [6.45, 7) is 2.50. The van der Waals surface area contributed by atoms with Gasteiger partial charge in [-0.15, -0.1) is 0 Å². The van der Waals surface area contributed by atoms with Gasteiger partial charge in [-0.05, 0) is 62.4 Å². The molecule has 2 unspecified atom stereocenters. The highest BCUT2D eigenvalue weighted by molar-refractivity contribution is 7.98. The minimum absolute atomic E-state index is 0.174. The highest BCUT2D eigenvalue weighted by Gasteiger charge is 2.26. The molecule has 0 aromatic heterocycles. The first-order valence-corrected chi connectivity index (χ1v) is 11.5. The monoisotopic (exact) mass is 385 g/mol. The molecule has 1 aliphatic rings. The summed E-state index contributed by atoms with van der Waals surface area (Å²) in [4.78, 5) is 12.7. The average Bonchev–Trinajstić information content (AvgIpc) is 2.64. The fourth-order valence-electron chi connectivity index (χ4n) is 2.80. The standard InChI is InChI=1S/C17H27N3O3S2/c1-24-11-9-16(17(21)19-13-14-6-5-10-18-12-14)20-25(22,23)15-7-3-2-4-8-15/h2-4,7-8,14,16,18,20H,5-6,9-13H2,1H3,(H,19,21). The molecule has 0 saturated carbocycles. The number of carbonyl (C=O) groups is 1. The molecular weight excluding hydrogens is 358 g/mol. The van der Waals surface area contributed by atoms with Crippen molar-refractivity contribution >= 4 is 27.7 Å². The lowest BCUT2D eigenvalue weighted by molar-refractivity contribution is -0.123. The molecule has 2 rings (SSSR count). The lowest BCUT2D eigenvalue weighted by Gasteiger charge is -2.24. The van der Waals surface area contributed by atoms with Crippen molar-refractivity contribution in [2.45, 2.75) is 30.2 Å². The molecule has 25 heavy (non-hydrogen) atoms. The van der Waals surface area contributed by atoms with E-state index in [2.05, 4.69) is 15.4 Å². The number of amides is 1. The topological polar surface area (TPSA) is 87.3 Å². The Morgan fingerprint density at radius 1 is 1.36 bits per heavy atom. The van der Waals surface area contributed by atoms with Gasteiger partial charge in [-0.1, -0.05) is 18.2 Å². The van der Waals surface area contributed by atoms with Gasteiger partial charge in [0, 0.05) is 6.54 Å². The number of hydrogen-bond donors (Lipinski definition) is 3. The van der Waals surface area contributed by atoms with Gasteiger partial charge in [0.25, 0.3) is 0 Å². The van der Waals surface area contributed by atoms with Crippen molar-refractivity contribution in [1.82, 2.24) is 15.4 Å². The van der Waals surface area contributed by atoms with Crippen LogP contribution in [0.4, 0.5) is 0 Å². The van der Waals surface area contributed by atoms with Gasteiger partial charge >= 0.3 is 0 Å². The van der Waals surface area contributed by atoms with Crippen LogP contribution in [-0.2, 0) is 14.8 Å². The molecule has 0 bridgehead atoms. The summed E-state index contributed by atoms with van der Waals surface area (Å²) >= 11 is 1.59. The third-order valence-corrected chi connectivity index (χ3v) is 6.37. The van der Waals surface area contributed by atoms with E-state index in [-0.39, 0.29) is 10.8 Å². The maximum absolute atomic E-state index is 12.5. The maximum Gasteiger partial charge on any atom is 0.241 e. The van der Waals surface area contributed by atoms with Crippen LogP contribution in [0.3, 0.4) is 0 Å². The molecule has 0 aliphatic carbocycles. The van der Waals surface area contributed by atoms with Gasteiger partial charge in [0.05, 0.1) is 4.90 Å². The average molecular weight is 386 g/mol. The zero-order valence-corrected chi connectivity index (χ0v) is 16.2. The number of thioether (sulfide) groups is 1. The zero-order chi connectivity index (χ0) is 18.1. The van der Waals surface area contributed by atoms with E-state index in [9.17, 15) is 13.2 Å². The second kappa shape index (κ2) is 10.2. The van der Waals surface area contributed by atoms with Crippen LogP contribution in [0.25, 0.3) is 0 Å². The van der Waals surface area contributed by atoms with Crippen molar-refractivity contribution in [3.63, 3.8) is 0 Å². The van der Waals surface area contributed by atoms with Gasteiger partial charge in [0.15, 0.2) is 0 Å². The molecule has 1 heterocycles. The highest BCUT2D eigenvalue weighted by Crippen LogP contribution is 2.12. The Morgan fingerprint density at radius 2 is 2.12 bits per heavy atom. The Kier molecular flexibility index (Phi) is 8.21. The fourth-order valence-corrected chi connectivity index (χ4v) is 4.52. The largest absolute Gasteiger partial charge is 0.354 e. The van der Waals surface area contributed by atoms with Crippen LogP contribution >= 0.6 is 11.8 Å². The summed E-state index contributed by atoms with van der Waals surface area (Å²) in [7, 11) is -3.71. The van der Waals surface area contributed by atoms with Crippen LogP contribution in [0, 0.1) is 5.92 Å². The zero-order valence-electron chi connectivity index (χ0n) is 14.5. The van der Waals surface area contributed by atoms with Crippen LogP contribution in [0.1, 0.15) is 19.3 Å². The molecule has 1 aromatic rings. The predicted molar refractivity (Wildman–Crippen MR) is 102 cm³/mol. The Hall–Kier alpha value is -1.09. The summed E-state index contributed by atoms with van der Waals surface area (Å²) in [5.74, 6) is 0.865. The van der Waals surface area contributed by atoms with Gasteiger partial charge in [0.2, 0.25) is 15.9 Å². The van der Waals surface area contributed by atoms with Crippen molar-refractivity contribution in [1.29, 1.82) is 0 Å². The molecule has 0 radical (unpaired) electrons. The van der Waals surface area contributed by atoms with Crippen LogP contribution in [0.5, 0.6) is 0 Å². The van der Waals surface area contributed by atoms with Gasteiger partial charge in [0.1, 0.15) is 6.04 Å². The number of nitrogens with one attached hydrogen (secondary N) is 3. The molecule has 3 N–H and O–H groups in total. The van der Waals surface area contributed by atoms with E-state index in [1.54, 1.807) is 30.0 Å². The number of piperidine rings is 1. The molecule has 1 saturated heterocycles. The summed E-state index contributed by atoms with van der Waals surface area (Å²) in [5, 5.41) is 6.24. The van der Waals surface area contributed by atoms with E-state index < -0.39 is 16.1 Å². The van der Waals surface area contributed by atoms with Gasteiger partial charge in [-0.25, -0.2) is 8.42 Å². The minimum Gasteiger partial charge on any atom is -0.354 e.